The summed E-state index contributed by atoms with van der Waals surface area (Å²) in [4.78, 5) is 9.75. The van der Waals surface area contributed by atoms with Gasteiger partial charge in [-0.1, -0.05) is 28.1 Å². The van der Waals surface area contributed by atoms with Crippen LogP contribution in [0.1, 0.15) is 5.56 Å². The summed E-state index contributed by atoms with van der Waals surface area (Å²) in [7, 11) is 0. The van der Waals surface area contributed by atoms with Gasteiger partial charge in [0, 0.05) is 28.8 Å². The first kappa shape index (κ1) is 13.5. The van der Waals surface area contributed by atoms with Crippen LogP contribution >= 0.6 is 15.9 Å². The molecular weight excluding hydrogens is 315 g/mol. The summed E-state index contributed by atoms with van der Waals surface area (Å²) >= 11 is 3.36. The molecule has 0 aliphatic rings. The van der Waals surface area contributed by atoms with Gasteiger partial charge in [-0.05, 0) is 23.8 Å². The Morgan fingerprint density at radius 1 is 1.26 bits per heavy atom. The smallest absolute Gasteiger partial charge is 0.304 e. The minimum atomic E-state index is -0.843. The summed E-state index contributed by atoms with van der Waals surface area (Å²) < 4.78 is 14.4. The van der Waals surface area contributed by atoms with Crippen LogP contribution in [0.2, 0.25) is 0 Å². The number of nitro groups is 1. The summed E-state index contributed by atoms with van der Waals surface area (Å²) in [5.74, 6) is -0.843. The van der Waals surface area contributed by atoms with Crippen molar-refractivity contribution in [3.63, 3.8) is 0 Å². The van der Waals surface area contributed by atoms with E-state index in [0.717, 1.165) is 22.2 Å². The van der Waals surface area contributed by atoms with Gasteiger partial charge in [0.1, 0.15) is 0 Å². The molecule has 0 spiro atoms. The van der Waals surface area contributed by atoms with Crippen molar-refractivity contribution in [1.29, 1.82) is 0 Å². The van der Waals surface area contributed by atoms with Crippen molar-refractivity contribution in [3.05, 3.63) is 68.4 Å². The number of nitro benzene ring substituents is 1. The maximum atomic E-state index is 13.4. The highest BCUT2D eigenvalue weighted by Crippen LogP contribution is 2.21. The van der Waals surface area contributed by atoms with Gasteiger partial charge in [0.15, 0.2) is 0 Å². The van der Waals surface area contributed by atoms with Crippen LogP contribution in [0, 0.1) is 15.9 Å². The van der Waals surface area contributed by atoms with E-state index < -0.39 is 16.4 Å². The molecule has 0 heterocycles. The molecule has 0 aromatic heterocycles. The molecule has 0 atom stereocenters. The van der Waals surface area contributed by atoms with Gasteiger partial charge in [0.25, 0.3) is 0 Å². The van der Waals surface area contributed by atoms with Gasteiger partial charge in [0.05, 0.1) is 4.92 Å². The number of hydrogen-bond acceptors (Lipinski definition) is 3. The number of anilines is 1. The van der Waals surface area contributed by atoms with Gasteiger partial charge in [-0.15, -0.1) is 0 Å². The summed E-state index contributed by atoms with van der Waals surface area (Å²) in [6, 6.07) is 11.4. The minimum absolute atomic E-state index is 0.503. The SMILES string of the molecule is O=[N+]([O-])c1ccc(NCc2cccc(Br)c2)cc1F. The predicted octanol–water partition coefficient (Wildman–Crippen LogP) is 4.11. The number of nitrogens with zero attached hydrogens (tertiary/aromatic N) is 1. The standard InChI is InChI=1S/C13H10BrFN2O2/c14-10-3-1-2-9(6-10)8-16-11-4-5-13(17(18)19)12(15)7-11/h1-7,16H,8H2. The van der Waals surface area contributed by atoms with E-state index in [2.05, 4.69) is 21.2 Å². The minimum Gasteiger partial charge on any atom is -0.381 e. The van der Waals surface area contributed by atoms with E-state index in [4.69, 9.17) is 0 Å². The molecular formula is C13H10BrFN2O2. The maximum Gasteiger partial charge on any atom is 0.304 e. The van der Waals surface area contributed by atoms with Crippen molar-refractivity contribution >= 4 is 27.3 Å². The molecule has 98 valence electrons. The second-order valence-corrected chi connectivity index (χ2v) is 4.82. The van der Waals surface area contributed by atoms with E-state index in [9.17, 15) is 14.5 Å². The van der Waals surface area contributed by atoms with E-state index in [0.29, 0.717) is 12.2 Å². The van der Waals surface area contributed by atoms with Crippen LogP contribution in [0.25, 0.3) is 0 Å². The molecule has 0 aliphatic heterocycles. The fourth-order valence-electron chi connectivity index (χ4n) is 1.62. The molecule has 0 amide bonds. The Bertz CT molecular complexity index is 619. The van der Waals surface area contributed by atoms with Crippen molar-refractivity contribution in [2.24, 2.45) is 0 Å². The van der Waals surface area contributed by atoms with Gasteiger partial charge in [-0.25, -0.2) is 0 Å². The molecule has 0 unspecified atom stereocenters. The summed E-state index contributed by atoms with van der Waals surface area (Å²) in [5.41, 5.74) is 1.00. The molecule has 0 saturated heterocycles. The van der Waals surface area contributed by atoms with E-state index in [-0.39, 0.29) is 0 Å². The van der Waals surface area contributed by atoms with Crippen LogP contribution in [0.3, 0.4) is 0 Å². The first-order valence-electron chi connectivity index (χ1n) is 5.48. The second-order valence-electron chi connectivity index (χ2n) is 3.91. The van der Waals surface area contributed by atoms with Crippen LogP contribution < -0.4 is 5.32 Å². The monoisotopic (exact) mass is 324 g/mol. The Balaban J connectivity index is 2.08. The lowest BCUT2D eigenvalue weighted by Gasteiger charge is -2.07. The largest absolute Gasteiger partial charge is 0.381 e. The van der Waals surface area contributed by atoms with Crippen LogP contribution in [-0.4, -0.2) is 4.92 Å². The molecule has 0 radical (unpaired) electrons. The number of nitrogens with one attached hydrogen (secondary N) is 1. The fraction of sp³-hybridized carbons (Fsp3) is 0.0769. The second kappa shape index (κ2) is 5.79. The van der Waals surface area contributed by atoms with Crippen LogP contribution in [0.4, 0.5) is 15.8 Å². The zero-order chi connectivity index (χ0) is 13.8. The van der Waals surface area contributed by atoms with E-state index in [1.807, 2.05) is 24.3 Å². The Morgan fingerprint density at radius 2 is 2.05 bits per heavy atom. The van der Waals surface area contributed by atoms with E-state index >= 15 is 0 Å². The van der Waals surface area contributed by atoms with Crippen molar-refractivity contribution in [2.45, 2.75) is 6.54 Å². The molecule has 4 nitrogen and oxygen atoms in total. The van der Waals surface area contributed by atoms with Crippen molar-refractivity contribution < 1.29 is 9.31 Å². The molecule has 2 aromatic carbocycles. The number of hydrogen-bond donors (Lipinski definition) is 1. The van der Waals surface area contributed by atoms with E-state index in [1.165, 1.54) is 6.07 Å². The highest BCUT2D eigenvalue weighted by Gasteiger charge is 2.13. The molecule has 2 rings (SSSR count). The highest BCUT2D eigenvalue weighted by atomic mass is 79.9. The number of benzene rings is 2. The summed E-state index contributed by atoms with van der Waals surface area (Å²) in [6.07, 6.45) is 0. The van der Waals surface area contributed by atoms with Crippen molar-refractivity contribution in [2.75, 3.05) is 5.32 Å². The molecule has 0 fully saturated rings. The Morgan fingerprint density at radius 3 is 2.68 bits per heavy atom. The third kappa shape index (κ3) is 3.51. The number of halogens is 2. The average molecular weight is 325 g/mol. The lowest BCUT2D eigenvalue weighted by molar-refractivity contribution is -0.387. The third-order valence-corrected chi connectivity index (χ3v) is 3.02. The quantitative estimate of drug-likeness (QED) is 0.680. The summed E-state index contributed by atoms with van der Waals surface area (Å²) in [6.45, 7) is 0.511. The molecule has 1 N–H and O–H groups in total. The van der Waals surface area contributed by atoms with Crippen molar-refractivity contribution in [1.82, 2.24) is 0 Å². The lowest BCUT2D eigenvalue weighted by Crippen LogP contribution is -2.00. The summed E-state index contributed by atoms with van der Waals surface area (Å²) in [5, 5.41) is 13.5. The topological polar surface area (TPSA) is 55.2 Å². The Kier molecular flexibility index (Phi) is 4.11. The zero-order valence-corrected chi connectivity index (χ0v) is 11.4. The first-order chi connectivity index (χ1) is 9.06. The molecule has 0 aliphatic carbocycles. The lowest BCUT2D eigenvalue weighted by atomic mass is 10.2. The molecule has 6 heteroatoms. The van der Waals surface area contributed by atoms with Crippen LogP contribution in [-0.2, 0) is 6.54 Å². The number of rotatable bonds is 4. The molecule has 19 heavy (non-hydrogen) atoms. The van der Waals surface area contributed by atoms with Gasteiger partial charge in [-0.2, -0.15) is 4.39 Å². The molecule has 0 saturated carbocycles. The van der Waals surface area contributed by atoms with Gasteiger partial charge in [0.2, 0.25) is 5.82 Å². The van der Waals surface area contributed by atoms with Gasteiger partial charge >= 0.3 is 5.69 Å². The fourth-order valence-corrected chi connectivity index (χ4v) is 2.06. The maximum absolute atomic E-state index is 13.4. The average Bonchev–Trinajstić information content (AvgIpc) is 2.36. The van der Waals surface area contributed by atoms with Crippen LogP contribution in [0.5, 0.6) is 0 Å². The third-order valence-electron chi connectivity index (χ3n) is 2.53. The Hall–Kier alpha value is -1.95. The highest BCUT2D eigenvalue weighted by molar-refractivity contribution is 9.10. The predicted molar refractivity (Wildman–Crippen MR) is 74.5 cm³/mol. The van der Waals surface area contributed by atoms with E-state index in [1.54, 1.807) is 0 Å². The Labute approximate surface area is 117 Å². The molecule has 2 aromatic rings. The van der Waals surface area contributed by atoms with Crippen LogP contribution in [0.15, 0.2) is 46.9 Å². The molecule has 0 bridgehead atoms. The van der Waals surface area contributed by atoms with Gasteiger partial charge < -0.3 is 5.32 Å². The zero-order valence-electron chi connectivity index (χ0n) is 9.77. The van der Waals surface area contributed by atoms with Gasteiger partial charge in [-0.3, -0.25) is 10.1 Å². The van der Waals surface area contributed by atoms with Crippen molar-refractivity contribution in [3.8, 4) is 0 Å². The normalized spacial score (nSPS) is 10.2. The first-order valence-corrected chi connectivity index (χ1v) is 6.28.